The fourth-order valence-corrected chi connectivity index (χ4v) is 2.11. The number of amides is 1. The van der Waals surface area contributed by atoms with E-state index in [-0.39, 0.29) is 18.1 Å². The smallest absolute Gasteiger partial charge is 0.224 e. The van der Waals surface area contributed by atoms with E-state index in [4.69, 9.17) is 0 Å². The van der Waals surface area contributed by atoms with Crippen LogP contribution in [0.15, 0.2) is 53.0 Å². The summed E-state index contributed by atoms with van der Waals surface area (Å²) in [6.45, 7) is 0. The largest absolute Gasteiger partial charge is 0.325 e. The molecule has 2 rings (SSSR count). The third kappa shape index (κ3) is 3.89. The zero-order valence-corrected chi connectivity index (χ0v) is 11.8. The minimum absolute atomic E-state index is 0.129. The number of rotatable bonds is 4. The van der Waals surface area contributed by atoms with Crippen LogP contribution in [0, 0.1) is 5.82 Å². The van der Waals surface area contributed by atoms with Crippen LogP contribution < -0.4 is 5.32 Å². The van der Waals surface area contributed by atoms with Crippen LogP contribution in [0.4, 0.5) is 10.1 Å². The third-order valence-corrected chi connectivity index (χ3v) is 3.42. The molecule has 1 amide bonds. The summed E-state index contributed by atoms with van der Waals surface area (Å²) in [5, 5.41) is 2.79. The van der Waals surface area contributed by atoms with Gasteiger partial charge in [0.1, 0.15) is 5.82 Å². The average Bonchev–Trinajstić information content (AvgIpc) is 2.40. The minimum atomic E-state index is -0.267. The van der Waals surface area contributed by atoms with E-state index in [1.807, 2.05) is 24.3 Å². The van der Waals surface area contributed by atoms with Gasteiger partial charge >= 0.3 is 0 Å². The first kappa shape index (κ1) is 13.7. The predicted molar refractivity (Wildman–Crippen MR) is 77.5 cm³/mol. The zero-order chi connectivity index (χ0) is 13.7. The van der Waals surface area contributed by atoms with Crippen LogP contribution in [0.2, 0.25) is 0 Å². The van der Waals surface area contributed by atoms with E-state index in [0.29, 0.717) is 12.0 Å². The van der Waals surface area contributed by atoms with Gasteiger partial charge in [-0.05, 0) is 46.1 Å². The normalized spacial score (nSPS) is 10.2. The lowest BCUT2D eigenvalue weighted by atomic mass is 10.1. The monoisotopic (exact) mass is 321 g/mol. The molecule has 0 spiro atoms. The second-order valence-electron chi connectivity index (χ2n) is 4.12. The maximum Gasteiger partial charge on any atom is 0.224 e. The van der Waals surface area contributed by atoms with Gasteiger partial charge in [-0.2, -0.15) is 0 Å². The Morgan fingerprint density at radius 3 is 2.53 bits per heavy atom. The number of aryl methyl sites for hydroxylation is 1. The topological polar surface area (TPSA) is 29.1 Å². The van der Waals surface area contributed by atoms with Crippen LogP contribution in [0.1, 0.15) is 12.0 Å². The molecule has 0 aliphatic heterocycles. The Kier molecular flexibility index (Phi) is 4.68. The molecule has 2 aromatic rings. The first-order valence-corrected chi connectivity index (χ1v) is 6.74. The van der Waals surface area contributed by atoms with Gasteiger partial charge in [0.25, 0.3) is 0 Å². The Labute approximate surface area is 119 Å². The molecule has 0 aliphatic carbocycles. The summed E-state index contributed by atoms with van der Waals surface area (Å²) in [4.78, 5) is 11.8. The molecule has 0 unspecified atom stereocenters. The number of benzene rings is 2. The van der Waals surface area contributed by atoms with Crippen LogP contribution in [0.5, 0.6) is 0 Å². The van der Waals surface area contributed by atoms with E-state index in [1.165, 1.54) is 6.07 Å². The van der Waals surface area contributed by atoms with E-state index in [1.54, 1.807) is 18.2 Å². The van der Waals surface area contributed by atoms with E-state index in [2.05, 4.69) is 21.2 Å². The first-order chi connectivity index (χ1) is 9.16. The van der Waals surface area contributed by atoms with Crippen molar-refractivity contribution in [2.45, 2.75) is 12.8 Å². The van der Waals surface area contributed by atoms with E-state index >= 15 is 0 Å². The highest BCUT2D eigenvalue weighted by atomic mass is 79.9. The summed E-state index contributed by atoms with van der Waals surface area (Å²) in [5.41, 5.74) is 1.28. The number of hydrogen-bond donors (Lipinski definition) is 1. The molecule has 98 valence electrons. The molecule has 0 fully saturated rings. The van der Waals surface area contributed by atoms with Crippen molar-refractivity contribution < 1.29 is 9.18 Å². The summed E-state index contributed by atoms with van der Waals surface area (Å²) < 4.78 is 14.2. The summed E-state index contributed by atoms with van der Waals surface area (Å²) >= 11 is 3.36. The molecule has 0 bridgehead atoms. The molecule has 0 heterocycles. The van der Waals surface area contributed by atoms with Gasteiger partial charge in [0.2, 0.25) is 5.91 Å². The third-order valence-electron chi connectivity index (χ3n) is 2.73. The summed E-state index contributed by atoms with van der Waals surface area (Å²) in [6, 6.07) is 13.9. The minimum Gasteiger partial charge on any atom is -0.325 e. The SMILES string of the molecule is O=C(CCc1ccccc1F)Nc1ccccc1Br. The highest BCUT2D eigenvalue weighted by Crippen LogP contribution is 2.21. The Morgan fingerprint density at radius 2 is 1.79 bits per heavy atom. The standard InChI is InChI=1S/C15H13BrFNO/c16-12-6-2-4-8-14(12)18-15(19)10-9-11-5-1-3-7-13(11)17/h1-8H,9-10H2,(H,18,19). The fraction of sp³-hybridized carbons (Fsp3) is 0.133. The lowest BCUT2D eigenvalue weighted by Gasteiger charge is -2.07. The van der Waals surface area contributed by atoms with Crippen LogP contribution >= 0.6 is 15.9 Å². The molecule has 0 aromatic heterocycles. The summed E-state index contributed by atoms with van der Waals surface area (Å²) in [5.74, 6) is -0.397. The number of nitrogens with one attached hydrogen (secondary N) is 1. The van der Waals surface area contributed by atoms with Gasteiger partial charge in [0, 0.05) is 10.9 Å². The highest BCUT2D eigenvalue weighted by molar-refractivity contribution is 9.10. The van der Waals surface area contributed by atoms with E-state index in [0.717, 1.165) is 10.2 Å². The molecule has 0 atom stereocenters. The van der Waals surface area contributed by atoms with Gasteiger partial charge in [-0.15, -0.1) is 0 Å². The van der Waals surface area contributed by atoms with Crippen molar-refractivity contribution in [1.29, 1.82) is 0 Å². The van der Waals surface area contributed by atoms with Gasteiger partial charge in [-0.25, -0.2) is 4.39 Å². The van der Waals surface area contributed by atoms with Crippen LogP contribution in [0.25, 0.3) is 0 Å². The number of para-hydroxylation sites is 1. The summed E-state index contributed by atoms with van der Waals surface area (Å²) in [7, 11) is 0. The predicted octanol–water partition coefficient (Wildman–Crippen LogP) is 4.16. The van der Waals surface area contributed by atoms with Crippen molar-refractivity contribution in [2.75, 3.05) is 5.32 Å². The van der Waals surface area contributed by atoms with Gasteiger partial charge in [-0.3, -0.25) is 4.79 Å². The Bertz CT molecular complexity index is 586. The number of anilines is 1. The lowest BCUT2D eigenvalue weighted by Crippen LogP contribution is -2.13. The van der Waals surface area contributed by atoms with E-state index in [9.17, 15) is 9.18 Å². The molecule has 0 aliphatic rings. The maximum absolute atomic E-state index is 13.4. The van der Waals surface area contributed by atoms with Crippen molar-refractivity contribution in [3.8, 4) is 0 Å². The van der Waals surface area contributed by atoms with Crippen LogP contribution in [-0.4, -0.2) is 5.91 Å². The molecule has 19 heavy (non-hydrogen) atoms. The molecule has 2 nitrogen and oxygen atoms in total. The molecular formula is C15H13BrFNO. The van der Waals surface area contributed by atoms with Gasteiger partial charge in [0.05, 0.1) is 5.69 Å². The molecule has 4 heteroatoms. The van der Waals surface area contributed by atoms with Crippen LogP contribution in [-0.2, 0) is 11.2 Å². The zero-order valence-electron chi connectivity index (χ0n) is 10.2. The number of hydrogen-bond acceptors (Lipinski definition) is 1. The molecule has 0 saturated carbocycles. The van der Waals surface area contributed by atoms with Crippen molar-refractivity contribution in [3.63, 3.8) is 0 Å². The average molecular weight is 322 g/mol. The van der Waals surface area contributed by atoms with Crippen molar-refractivity contribution in [2.24, 2.45) is 0 Å². The van der Waals surface area contributed by atoms with Crippen molar-refractivity contribution >= 4 is 27.5 Å². The molecule has 0 saturated heterocycles. The summed E-state index contributed by atoms with van der Waals surface area (Å²) in [6.07, 6.45) is 0.644. The Morgan fingerprint density at radius 1 is 1.11 bits per heavy atom. The quantitative estimate of drug-likeness (QED) is 0.900. The van der Waals surface area contributed by atoms with E-state index < -0.39 is 0 Å². The Hall–Kier alpha value is -1.68. The Balaban J connectivity index is 1.92. The molecular weight excluding hydrogens is 309 g/mol. The lowest BCUT2D eigenvalue weighted by molar-refractivity contribution is -0.116. The van der Waals surface area contributed by atoms with Gasteiger partial charge in [-0.1, -0.05) is 30.3 Å². The second kappa shape index (κ2) is 6.48. The van der Waals surface area contributed by atoms with Gasteiger partial charge in [0.15, 0.2) is 0 Å². The number of carbonyl (C=O) groups is 1. The number of halogens is 2. The molecule has 1 N–H and O–H groups in total. The maximum atomic E-state index is 13.4. The first-order valence-electron chi connectivity index (χ1n) is 5.94. The highest BCUT2D eigenvalue weighted by Gasteiger charge is 2.07. The van der Waals surface area contributed by atoms with Crippen molar-refractivity contribution in [1.82, 2.24) is 0 Å². The number of carbonyl (C=O) groups excluding carboxylic acids is 1. The van der Waals surface area contributed by atoms with Crippen LogP contribution in [0.3, 0.4) is 0 Å². The fourth-order valence-electron chi connectivity index (χ4n) is 1.72. The molecule has 2 aromatic carbocycles. The second-order valence-corrected chi connectivity index (χ2v) is 4.97. The van der Waals surface area contributed by atoms with Crippen molar-refractivity contribution in [3.05, 3.63) is 64.4 Å². The van der Waals surface area contributed by atoms with Gasteiger partial charge < -0.3 is 5.32 Å². The molecule has 0 radical (unpaired) electrons.